The molecule has 2 aromatic carbocycles. The lowest BCUT2D eigenvalue weighted by Crippen LogP contribution is -1.95. The van der Waals surface area contributed by atoms with E-state index in [1.165, 1.54) is 0 Å². The molecule has 15 heavy (non-hydrogen) atoms. The lowest BCUT2D eigenvalue weighted by atomic mass is 10.0. The molecule has 0 saturated carbocycles. The van der Waals surface area contributed by atoms with Crippen LogP contribution in [0.5, 0.6) is 11.5 Å². The molecule has 0 atom stereocenters. The fourth-order valence-electron chi connectivity index (χ4n) is 1.72. The Kier molecular flexibility index (Phi) is 2.25. The molecule has 0 aliphatic heterocycles. The lowest BCUT2D eigenvalue weighted by molar-refractivity contribution is 0.402. The largest absolute Gasteiger partial charge is 0.504 e. The van der Waals surface area contributed by atoms with Gasteiger partial charge in [0.15, 0.2) is 11.5 Å². The zero-order chi connectivity index (χ0) is 11.0. The standard InChI is InChI=1S/C12H13NO2/c1-7-10-4-8(6-13)2-3-9(10)5-11(14)12(7)15/h2-5,14-15H,6,13H2,1H3. The van der Waals surface area contributed by atoms with E-state index in [9.17, 15) is 10.2 Å². The molecule has 0 spiro atoms. The maximum absolute atomic E-state index is 9.59. The van der Waals surface area contributed by atoms with Crippen molar-refractivity contribution in [1.29, 1.82) is 0 Å². The van der Waals surface area contributed by atoms with Crippen molar-refractivity contribution in [2.75, 3.05) is 0 Å². The molecule has 3 nitrogen and oxygen atoms in total. The Morgan fingerprint density at radius 3 is 2.60 bits per heavy atom. The van der Waals surface area contributed by atoms with Gasteiger partial charge in [-0.15, -0.1) is 0 Å². The van der Waals surface area contributed by atoms with E-state index in [1.807, 2.05) is 18.2 Å². The van der Waals surface area contributed by atoms with E-state index in [-0.39, 0.29) is 11.5 Å². The van der Waals surface area contributed by atoms with Gasteiger partial charge in [-0.25, -0.2) is 0 Å². The third-order valence-corrected chi connectivity index (χ3v) is 2.65. The maximum Gasteiger partial charge on any atom is 0.161 e. The molecule has 4 N–H and O–H groups in total. The minimum absolute atomic E-state index is 0.0586. The Morgan fingerprint density at radius 1 is 1.20 bits per heavy atom. The summed E-state index contributed by atoms with van der Waals surface area (Å²) in [6.07, 6.45) is 0. The monoisotopic (exact) mass is 203 g/mol. The highest BCUT2D eigenvalue weighted by atomic mass is 16.3. The molecule has 0 aliphatic carbocycles. The number of aromatic hydroxyl groups is 2. The molecule has 2 rings (SSSR count). The van der Waals surface area contributed by atoms with Crippen molar-refractivity contribution in [3.63, 3.8) is 0 Å². The summed E-state index contributed by atoms with van der Waals surface area (Å²) < 4.78 is 0. The van der Waals surface area contributed by atoms with Crippen molar-refractivity contribution in [3.05, 3.63) is 35.4 Å². The summed E-state index contributed by atoms with van der Waals surface area (Å²) in [4.78, 5) is 0. The van der Waals surface area contributed by atoms with Crippen LogP contribution >= 0.6 is 0 Å². The van der Waals surface area contributed by atoms with Crippen LogP contribution in [0.2, 0.25) is 0 Å². The second-order valence-corrected chi connectivity index (χ2v) is 3.63. The fraction of sp³-hybridized carbons (Fsp3) is 0.167. The summed E-state index contributed by atoms with van der Waals surface area (Å²) in [5, 5.41) is 20.9. The molecule has 0 amide bonds. The first-order valence-corrected chi connectivity index (χ1v) is 4.77. The number of hydrogen-bond donors (Lipinski definition) is 3. The molecular weight excluding hydrogens is 190 g/mol. The minimum atomic E-state index is -0.0829. The van der Waals surface area contributed by atoms with Gasteiger partial charge in [0.2, 0.25) is 0 Å². The van der Waals surface area contributed by atoms with E-state index in [1.54, 1.807) is 13.0 Å². The van der Waals surface area contributed by atoms with Gasteiger partial charge in [0.25, 0.3) is 0 Å². The average molecular weight is 203 g/mol. The highest BCUT2D eigenvalue weighted by molar-refractivity contribution is 5.90. The molecular formula is C12H13NO2. The zero-order valence-electron chi connectivity index (χ0n) is 8.49. The Bertz CT molecular complexity index is 521. The SMILES string of the molecule is Cc1c(O)c(O)cc2ccc(CN)cc12. The van der Waals surface area contributed by atoms with Gasteiger partial charge in [-0.1, -0.05) is 12.1 Å². The van der Waals surface area contributed by atoms with Crippen LogP contribution in [0.1, 0.15) is 11.1 Å². The van der Waals surface area contributed by atoms with E-state index in [4.69, 9.17) is 5.73 Å². The van der Waals surface area contributed by atoms with Crippen LogP contribution in [-0.2, 0) is 6.54 Å². The van der Waals surface area contributed by atoms with Crippen molar-refractivity contribution in [2.45, 2.75) is 13.5 Å². The van der Waals surface area contributed by atoms with E-state index < -0.39 is 0 Å². The van der Waals surface area contributed by atoms with Crippen LogP contribution in [0.25, 0.3) is 10.8 Å². The van der Waals surface area contributed by atoms with Gasteiger partial charge in [-0.2, -0.15) is 0 Å². The molecule has 0 bridgehead atoms. The molecule has 2 aromatic rings. The van der Waals surface area contributed by atoms with Crippen LogP contribution in [0.15, 0.2) is 24.3 Å². The summed E-state index contributed by atoms with van der Waals surface area (Å²) in [7, 11) is 0. The van der Waals surface area contributed by atoms with Crippen LogP contribution < -0.4 is 5.73 Å². The molecule has 0 unspecified atom stereocenters. The van der Waals surface area contributed by atoms with Gasteiger partial charge >= 0.3 is 0 Å². The number of aryl methyl sites for hydroxylation is 1. The smallest absolute Gasteiger partial charge is 0.161 e. The summed E-state index contributed by atoms with van der Waals surface area (Å²) >= 11 is 0. The Balaban J connectivity index is 2.81. The van der Waals surface area contributed by atoms with Crippen molar-refractivity contribution < 1.29 is 10.2 Å². The van der Waals surface area contributed by atoms with Crippen LogP contribution in [0.3, 0.4) is 0 Å². The summed E-state index contributed by atoms with van der Waals surface area (Å²) in [6, 6.07) is 7.30. The summed E-state index contributed by atoms with van der Waals surface area (Å²) in [5.41, 5.74) is 7.24. The summed E-state index contributed by atoms with van der Waals surface area (Å²) in [6.45, 7) is 2.24. The predicted molar refractivity (Wildman–Crippen MR) is 59.9 cm³/mol. The van der Waals surface area contributed by atoms with Crippen molar-refractivity contribution in [2.24, 2.45) is 5.73 Å². The first kappa shape index (κ1) is 9.80. The van der Waals surface area contributed by atoms with Gasteiger partial charge in [0, 0.05) is 12.1 Å². The number of fused-ring (bicyclic) bond motifs is 1. The molecule has 0 aliphatic rings. The van der Waals surface area contributed by atoms with E-state index in [0.717, 1.165) is 16.3 Å². The van der Waals surface area contributed by atoms with E-state index in [0.29, 0.717) is 12.1 Å². The third-order valence-electron chi connectivity index (χ3n) is 2.65. The lowest BCUT2D eigenvalue weighted by Gasteiger charge is -2.08. The van der Waals surface area contributed by atoms with Gasteiger partial charge in [-0.05, 0) is 35.4 Å². The Hall–Kier alpha value is -1.74. The molecule has 78 valence electrons. The van der Waals surface area contributed by atoms with Gasteiger partial charge in [0.1, 0.15) is 0 Å². The quantitative estimate of drug-likeness (QED) is 0.621. The molecule has 3 heteroatoms. The second-order valence-electron chi connectivity index (χ2n) is 3.63. The van der Waals surface area contributed by atoms with Crippen LogP contribution in [0.4, 0.5) is 0 Å². The fourth-order valence-corrected chi connectivity index (χ4v) is 1.72. The van der Waals surface area contributed by atoms with Gasteiger partial charge < -0.3 is 15.9 Å². The van der Waals surface area contributed by atoms with Gasteiger partial charge in [-0.3, -0.25) is 0 Å². The molecule has 0 heterocycles. The average Bonchev–Trinajstić information content (AvgIpc) is 2.26. The Morgan fingerprint density at radius 2 is 1.93 bits per heavy atom. The number of nitrogens with two attached hydrogens (primary N) is 1. The first-order chi connectivity index (χ1) is 7.13. The third kappa shape index (κ3) is 1.51. The van der Waals surface area contributed by atoms with Crippen LogP contribution in [-0.4, -0.2) is 10.2 Å². The summed E-state index contributed by atoms with van der Waals surface area (Å²) in [5.74, 6) is -0.142. The maximum atomic E-state index is 9.59. The van der Waals surface area contributed by atoms with Crippen molar-refractivity contribution in [3.8, 4) is 11.5 Å². The van der Waals surface area contributed by atoms with Crippen LogP contribution in [0, 0.1) is 6.92 Å². The topological polar surface area (TPSA) is 66.5 Å². The Labute approximate surface area is 87.8 Å². The van der Waals surface area contributed by atoms with Gasteiger partial charge in [0.05, 0.1) is 0 Å². The highest BCUT2D eigenvalue weighted by Crippen LogP contribution is 2.35. The molecule has 0 saturated heterocycles. The molecule has 0 fully saturated rings. The molecule has 0 radical (unpaired) electrons. The second kappa shape index (κ2) is 3.44. The first-order valence-electron chi connectivity index (χ1n) is 4.77. The number of phenolic OH excluding ortho intramolecular Hbond substituents is 2. The molecule has 0 aromatic heterocycles. The minimum Gasteiger partial charge on any atom is -0.504 e. The van der Waals surface area contributed by atoms with Crippen molar-refractivity contribution in [1.82, 2.24) is 0 Å². The normalized spacial score (nSPS) is 10.8. The number of benzene rings is 2. The van der Waals surface area contributed by atoms with Crippen molar-refractivity contribution >= 4 is 10.8 Å². The predicted octanol–water partition coefficient (Wildman–Crippen LogP) is 2.02. The number of hydrogen-bond acceptors (Lipinski definition) is 3. The number of phenols is 2. The number of rotatable bonds is 1. The van der Waals surface area contributed by atoms with E-state index in [2.05, 4.69) is 0 Å². The zero-order valence-corrected chi connectivity index (χ0v) is 8.49. The van der Waals surface area contributed by atoms with E-state index >= 15 is 0 Å². The highest BCUT2D eigenvalue weighted by Gasteiger charge is 2.08.